The van der Waals surface area contributed by atoms with Gasteiger partial charge in [-0.1, -0.05) is 12.1 Å². The van der Waals surface area contributed by atoms with Crippen molar-refractivity contribution in [2.24, 2.45) is 5.92 Å². The predicted molar refractivity (Wildman–Crippen MR) is 93.0 cm³/mol. The smallest absolute Gasteiger partial charge is 0.250 e. The number of fused-ring (bicyclic) bond motifs is 1. The SMILES string of the molecule is O=C1NCCC[C@H]1C(=O)N1CCC2(CC1)Nc1ccccc1NC2=O. The molecule has 1 aromatic rings. The molecule has 0 saturated carbocycles. The van der Waals surface area contributed by atoms with E-state index in [1.54, 1.807) is 4.90 Å². The number of nitrogens with zero attached hydrogens (tertiary/aromatic N) is 1. The molecular formula is C18H22N4O3. The number of anilines is 2. The van der Waals surface area contributed by atoms with Gasteiger partial charge in [0.15, 0.2) is 0 Å². The van der Waals surface area contributed by atoms with E-state index in [0.29, 0.717) is 38.9 Å². The van der Waals surface area contributed by atoms with Gasteiger partial charge in [-0.3, -0.25) is 14.4 Å². The minimum atomic E-state index is -0.681. The van der Waals surface area contributed by atoms with Crippen molar-refractivity contribution in [2.75, 3.05) is 30.3 Å². The predicted octanol–water partition coefficient (Wildman–Crippen LogP) is 0.938. The van der Waals surface area contributed by atoms with E-state index in [4.69, 9.17) is 0 Å². The van der Waals surface area contributed by atoms with Gasteiger partial charge >= 0.3 is 0 Å². The minimum absolute atomic E-state index is 0.0475. The van der Waals surface area contributed by atoms with Gasteiger partial charge in [-0.25, -0.2) is 0 Å². The van der Waals surface area contributed by atoms with Crippen molar-refractivity contribution in [1.29, 1.82) is 0 Å². The summed E-state index contributed by atoms with van der Waals surface area (Å²) in [6, 6.07) is 7.63. The molecular weight excluding hydrogens is 320 g/mol. The molecule has 3 aliphatic rings. The molecule has 25 heavy (non-hydrogen) atoms. The maximum Gasteiger partial charge on any atom is 0.250 e. The number of hydrogen-bond acceptors (Lipinski definition) is 4. The van der Waals surface area contributed by atoms with E-state index in [2.05, 4.69) is 16.0 Å². The van der Waals surface area contributed by atoms with Crippen molar-refractivity contribution < 1.29 is 14.4 Å². The zero-order valence-electron chi connectivity index (χ0n) is 14.0. The third kappa shape index (κ3) is 2.73. The summed E-state index contributed by atoms with van der Waals surface area (Å²) in [7, 11) is 0. The Labute approximate surface area is 146 Å². The molecule has 1 aromatic carbocycles. The number of piperidine rings is 2. The fraction of sp³-hybridized carbons (Fsp3) is 0.500. The molecule has 1 atom stereocenters. The molecule has 7 nitrogen and oxygen atoms in total. The number of para-hydroxylation sites is 2. The molecule has 0 unspecified atom stereocenters. The van der Waals surface area contributed by atoms with Crippen LogP contribution in [0.3, 0.4) is 0 Å². The van der Waals surface area contributed by atoms with Gasteiger partial charge in [0.2, 0.25) is 17.7 Å². The number of rotatable bonds is 1. The number of likely N-dealkylation sites (tertiary alicyclic amines) is 1. The highest BCUT2D eigenvalue weighted by molar-refractivity contribution is 6.06. The number of nitrogens with one attached hydrogen (secondary N) is 3. The van der Waals surface area contributed by atoms with Crippen LogP contribution >= 0.6 is 0 Å². The van der Waals surface area contributed by atoms with E-state index in [0.717, 1.165) is 17.8 Å². The van der Waals surface area contributed by atoms with E-state index >= 15 is 0 Å². The molecule has 1 spiro atoms. The molecule has 2 fully saturated rings. The van der Waals surface area contributed by atoms with Crippen LogP contribution in [0.4, 0.5) is 11.4 Å². The van der Waals surface area contributed by atoms with Crippen molar-refractivity contribution in [3.63, 3.8) is 0 Å². The summed E-state index contributed by atoms with van der Waals surface area (Å²) in [5.41, 5.74) is 1.02. The number of benzene rings is 1. The summed E-state index contributed by atoms with van der Waals surface area (Å²) in [5, 5.41) is 9.11. The van der Waals surface area contributed by atoms with Gasteiger partial charge in [0.25, 0.3) is 0 Å². The van der Waals surface area contributed by atoms with Crippen LogP contribution in [0, 0.1) is 5.92 Å². The van der Waals surface area contributed by atoms with E-state index in [-0.39, 0.29) is 17.7 Å². The first-order valence-electron chi connectivity index (χ1n) is 8.84. The highest BCUT2D eigenvalue weighted by Crippen LogP contribution is 2.36. The molecule has 2 saturated heterocycles. The molecule has 0 aromatic heterocycles. The Morgan fingerprint density at radius 3 is 2.56 bits per heavy atom. The summed E-state index contributed by atoms with van der Waals surface area (Å²) >= 11 is 0. The first kappa shape index (κ1) is 15.9. The highest BCUT2D eigenvalue weighted by Gasteiger charge is 2.46. The summed E-state index contributed by atoms with van der Waals surface area (Å²) in [6.07, 6.45) is 2.51. The van der Waals surface area contributed by atoms with Crippen LogP contribution in [-0.4, -0.2) is 47.8 Å². The van der Waals surface area contributed by atoms with Crippen LogP contribution in [0.25, 0.3) is 0 Å². The minimum Gasteiger partial charge on any atom is -0.369 e. The van der Waals surface area contributed by atoms with Crippen LogP contribution in [-0.2, 0) is 14.4 Å². The molecule has 4 rings (SSSR count). The van der Waals surface area contributed by atoms with Crippen molar-refractivity contribution in [2.45, 2.75) is 31.2 Å². The van der Waals surface area contributed by atoms with Crippen molar-refractivity contribution in [3.8, 4) is 0 Å². The van der Waals surface area contributed by atoms with Crippen LogP contribution in [0.1, 0.15) is 25.7 Å². The fourth-order valence-corrected chi connectivity index (χ4v) is 3.95. The second-order valence-electron chi connectivity index (χ2n) is 7.02. The third-order valence-electron chi connectivity index (χ3n) is 5.50. The Hall–Kier alpha value is -2.57. The summed E-state index contributed by atoms with van der Waals surface area (Å²) in [5.74, 6) is -0.895. The maximum absolute atomic E-state index is 12.7. The Bertz CT molecular complexity index is 725. The summed E-state index contributed by atoms with van der Waals surface area (Å²) < 4.78 is 0. The highest BCUT2D eigenvalue weighted by atomic mass is 16.2. The number of amides is 3. The Morgan fingerprint density at radius 1 is 1.12 bits per heavy atom. The van der Waals surface area contributed by atoms with Gasteiger partial charge < -0.3 is 20.9 Å². The average Bonchev–Trinajstić information content (AvgIpc) is 2.63. The Kier molecular flexibility index (Phi) is 3.86. The Balaban J connectivity index is 1.45. The quantitative estimate of drug-likeness (QED) is 0.663. The lowest BCUT2D eigenvalue weighted by atomic mass is 9.83. The van der Waals surface area contributed by atoms with Crippen LogP contribution in [0.15, 0.2) is 24.3 Å². The normalized spacial score (nSPS) is 24.8. The zero-order chi connectivity index (χ0) is 17.4. The second-order valence-corrected chi connectivity index (χ2v) is 7.02. The largest absolute Gasteiger partial charge is 0.369 e. The second kappa shape index (κ2) is 6.06. The van der Waals surface area contributed by atoms with Crippen molar-refractivity contribution >= 4 is 29.1 Å². The van der Waals surface area contributed by atoms with Crippen LogP contribution in [0.2, 0.25) is 0 Å². The first-order valence-corrected chi connectivity index (χ1v) is 8.84. The number of carbonyl (C=O) groups is 3. The van der Waals surface area contributed by atoms with E-state index in [1.807, 2.05) is 24.3 Å². The molecule has 3 heterocycles. The van der Waals surface area contributed by atoms with Gasteiger partial charge in [0.1, 0.15) is 11.5 Å². The third-order valence-corrected chi connectivity index (χ3v) is 5.50. The topological polar surface area (TPSA) is 90.5 Å². The number of carbonyl (C=O) groups excluding carboxylic acids is 3. The van der Waals surface area contributed by atoms with Crippen molar-refractivity contribution in [3.05, 3.63) is 24.3 Å². The Morgan fingerprint density at radius 2 is 1.84 bits per heavy atom. The van der Waals surface area contributed by atoms with Gasteiger partial charge in [-0.2, -0.15) is 0 Å². The van der Waals surface area contributed by atoms with E-state index in [9.17, 15) is 14.4 Å². The lowest BCUT2D eigenvalue weighted by Gasteiger charge is -2.44. The fourth-order valence-electron chi connectivity index (χ4n) is 3.95. The molecule has 3 aliphatic heterocycles. The lowest BCUT2D eigenvalue weighted by molar-refractivity contribution is -0.145. The molecule has 0 bridgehead atoms. The molecule has 0 radical (unpaired) electrons. The van der Waals surface area contributed by atoms with Gasteiger partial charge in [-0.05, 0) is 37.8 Å². The first-order chi connectivity index (χ1) is 12.1. The average molecular weight is 342 g/mol. The van der Waals surface area contributed by atoms with Crippen LogP contribution < -0.4 is 16.0 Å². The maximum atomic E-state index is 12.7. The summed E-state index contributed by atoms with van der Waals surface area (Å²) in [6.45, 7) is 1.60. The van der Waals surface area contributed by atoms with E-state index in [1.165, 1.54) is 0 Å². The lowest BCUT2D eigenvalue weighted by Crippen LogP contribution is -2.60. The van der Waals surface area contributed by atoms with Gasteiger partial charge in [0.05, 0.1) is 11.4 Å². The zero-order valence-corrected chi connectivity index (χ0v) is 14.0. The molecule has 7 heteroatoms. The molecule has 3 N–H and O–H groups in total. The van der Waals surface area contributed by atoms with E-state index < -0.39 is 11.5 Å². The monoisotopic (exact) mass is 342 g/mol. The van der Waals surface area contributed by atoms with Gasteiger partial charge in [-0.15, -0.1) is 0 Å². The standard InChI is InChI=1S/C18H22N4O3/c23-15-12(4-3-9-19-15)16(24)22-10-7-18(8-11-22)17(25)20-13-5-1-2-6-14(13)21-18/h1-2,5-6,12,21H,3-4,7-11H2,(H,19,23)(H,20,25)/t12-/m1/s1. The number of hydrogen-bond donors (Lipinski definition) is 3. The molecule has 132 valence electrons. The van der Waals surface area contributed by atoms with Gasteiger partial charge in [0, 0.05) is 19.6 Å². The van der Waals surface area contributed by atoms with Crippen LogP contribution in [0.5, 0.6) is 0 Å². The molecule has 3 amide bonds. The van der Waals surface area contributed by atoms with Crippen molar-refractivity contribution in [1.82, 2.24) is 10.2 Å². The summed E-state index contributed by atoms with van der Waals surface area (Å²) in [4.78, 5) is 38.9. The molecule has 0 aliphatic carbocycles.